The fourth-order valence-electron chi connectivity index (χ4n) is 1.68. The van der Waals surface area contributed by atoms with Crippen LogP contribution in [-0.2, 0) is 0 Å². The fraction of sp³-hybridized carbons (Fsp3) is 0.800. The number of aromatic nitrogens is 2. The monoisotopic (exact) mass is 211 g/mol. The molecular formula is C10H17N3O2. The Labute approximate surface area is 88.9 Å². The zero-order valence-corrected chi connectivity index (χ0v) is 9.10. The summed E-state index contributed by atoms with van der Waals surface area (Å²) < 4.78 is 5.19. The van der Waals surface area contributed by atoms with Crippen LogP contribution in [-0.4, -0.2) is 27.9 Å². The summed E-state index contributed by atoms with van der Waals surface area (Å²) in [6.45, 7) is 4.77. The van der Waals surface area contributed by atoms with Gasteiger partial charge in [0.1, 0.15) is 0 Å². The maximum Gasteiger partial charge on any atom is 0.243 e. The molecule has 1 unspecified atom stereocenters. The van der Waals surface area contributed by atoms with Crippen molar-refractivity contribution in [3.63, 3.8) is 0 Å². The minimum Gasteiger partial charge on any atom is -0.392 e. The van der Waals surface area contributed by atoms with Crippen molar-refractivity contribution in [3.8, 4) is 0 Å². The summed E-state index contributed by atoms with van der Waals surface area (Å²) in [6.07, 6.45) is 1.36. The van der Waals surface area contributed by atoms with Crippen molar-refractivity contribution in [2.24, 2.45) is 0 Å². The van der Waals surface area contributed by atoms with E-state index in [0.29, 0.717) is 24.8 Å². The Kier molecular flexibility index (Phi) is 3.02. The molecular weight excluding hydrogens is 194 g/mol. The van der Waals surface area contributed by atoms with Gasteiger partial charge in [0, 0.05) is 12.5 Å². The summed E-state index contributed by atoms with van der Waals surface area (Å²) in [4.78, 5) is 4.35. The van der Waals surface area contributed by atoms with E-state index in [1.165, 1.54) is 0 Å². The molecule has 5 heteroatoms. The van der Waals surface area contributed by atoms with E-state index >= 15 is 0 Å². The summed E-state index contributed by atoms with van der Waals surface area (Å²) >= 11 is 0. The van der Waals surface area contributed by atoms with Crippen molar-refractivity contribution in [1.29, 1.82) is 0 Å². The lowest BCUT2D eigenvalue weighted by Crippen LogP contribution is -2.15. The first-order valence-corrected chi connectivity index (χ1v) is 5.45. The highest BCUT2D eigenvalue weighted by Crippen LogP contribution is 2.23. The van der Waals surface area contributed by atoms with Gasteiger partial charge < -0.3 is 14.9 Å². The van der Waals surface area contributed by atoms with Crippen molar-refractivity contribution in [3.05, 3.63) is 11.7 Å². The van der Waals surface area contributed by atoms with E-state index in [1.54, 1.807) is 0 Å². The zero-order chi connectivity index (χ0) is 10.8. The van der Waals surface area contributed by atoms with Gasteiger partial charge >= 0.3 is 0 Å². The van der Waals surface area contributed by atoms with Crippen LogP contribution in [0.1, 0.15) is 50.4 Å². The first kappa shape index (κ1) is 10.6. The van der Waals surface area contributed by atoms with Crippen LogP contribution in [0.3, 0.4) is 0 Å². The molecule has 0 radical (unpaired) electrons. The van der Waals surface area contributed by atoms with Crippen molar-refractivity contribution in [2.45, 2.75) is 44.8 Å². The van der Waals surface area contributed by atoms with Gasteiger partial charge in [0.15, 0.2) is 5.82 Å². The second-order valence-electron chi connectivity index (χ2n) is 4.15. The topological polar surface area (TPSA) is 71.2 Å². The second kappa shape index (κ2) is 4.28. The minimum absolute atomic E-state index is 0.0188. The highest BCUT2D eigenvalue weighted by molar-refractivity contribution is 5.00. The van der Waals surface area contributed by atoms with Gasteiger partial charge in [0.2, 0.25) is 5.89 Å². The van der Waals surface area contributed by atoms with Crippen LogP contribution in [0.2, 0.25) is 0 Å². The molecule has 0 aromatic carbocycles. The lowest BCUT2D eigenvalue weighted by molar-refractivity contribution is 0.191. The third-order valence-electron chi connectivity index (χ3n) is 2.92. The summed E-state index contributed by atoms with van der Waals surface area (Å²) in [5.41, 5.74) is 0. The lowest BCUT2D eigenvalue weighted by Gasteiger charge is -2.02. The average Bonchev–Trinajstić information content (AvgIpc) is 2.84. The number of rotatable bonds is 3. The minimum atomic E-state index is -0.297. The summed E-state index contributed by atoms with van der Waals surface area (Å²) in [5.74, 6) is 1.69. The molecule has 2 heterocycles. The number of aliphatic hydroxyl groups is 1. The first-order valence-electron chi connectivity index (χ1n) is 5.45. The molecule has 0 amide bonds. The van der Waals surface area contributed by atoms with E-state index in [2.05, 4.69) is 29.3 Å². The molecule has 0 aliphatic carbocycles. The maximum absolute atomic E-state index is 9.37. The van der Waals surface area contributed by atoms with Crippen LogP contribution >= 0.6 is 0 Å². The molecule has 15 heavy (non-hydrogen) atoms. The molecule has 2 N–H and O–H groups in total. The van der Waals surface area contributed by atoms with Crippen molar-refractivity contribution in [2.75, 3.05) is 6.54 Å². The van der Waals surface area contributed by atoms with Gasteiger partial charge in [0.25, 0.3) is 0 Å². The third-order valence-corrected chi connectivity index (χ3v) is 2.92. The molecule has 1 aromatic heterocycles. The maximum atomic E-state index is 9.37. The normalized spacial score (nSPS) is 28.2. The van der Waals surface area contributed by atoms with Gasteiger partial charge in [-0.05, 0) is 12.8 Å². The number of nitrogens with zero attached hydrogens (tertiary/aromatic N) is 2. The highest BCUT2D eigenvalue weighted by atomic mass is 16.5. The number of hydrogen-bond donors (Lipinski definition) is 2. The molecule has 1 aliphatic heterocycles. The Bertz CT molecular complexity index is 326. The molecule has 0 spiro atoms. The van der Waals surface area contributed by atoms with Crippen LogP contribution in [0.5, 0.6) is 0 Å². The van der Waals surface area contributed by atoms with E-state index in [0.717, 1.165) is 12.2 Å². The lowest BCUT2D eigenvalue weighted by atomic mass is 10.1. The molecule has 1 saturated heterocycles. The Morgan fingerprint density at radius 2 is 2.47 bits per heavy atom. The van der Waals surface area contributed by atoms with E-state index in [1.807, 2.05) is 0 Å². The Balaban J connectivity index is 2.07. The quantitative estimate of drug-likeness (QED) is 0.779. The standard InChI is InChI=1S/C10H17N3O2/c1-3-6(2)9-12-10(15-13-9)8-4-7(14)5-11-8/h6-8,11,14H,3-5H2,1-2H3/t6?,7-,8-/m0/s1. The fourth-order valence-corrected chi connectivity index (χ4v) is 1.68. The highest BCUT2D eigenvalue weighted by Gasteiger charge is 2.28. The van der Waals surface area contributed by atoms with Crippen LogP contribution in [0.15, 0.2) is 4.52 Å². The second-order valence-corrected chi connectivity index (χ2v) is 4.15. The molecule has 5 nitrogen and oxygen atoms in total. The van der Waals surface area contributed by atoms with Gasteiger partial charge in [-0.3, -0.25) is 0 Å². The van der Waals surface area contributed by atoms with Crippen molar-refractivity contribution < 1.29 is 9.63 Å². The summed E-state index contributed by atoms with van der Waals surface area (Å²) in [6, 6.07) is 0.0188. The van der Waals surface area contributed by atoms with Crippen LogP contribution in [0, 0.1) is 0 Å². The molecule has 1 aliphatic rings. The van der Waals surface area contributed by atoms with E-state index < -0.39 is 0 Å². The summed E-state index contributed by atoms with van der Waals surface area (Å²) in [5, 5.41) is 16.5. The summed E-state index contributed by atoms with van der Waals surface area (Å²) in [7, 11) is 0. The molecule has 0 saturated carbocycles. The number of β-amino-alcohol motifs (C(OH)–C–C–N with tert-alkyl or cyclic N) is 1. The van der Waals surface area contributed by atoms with E-state index in [-0.39, 0.29) is 12.1 Å². The Hall–Kier alpha value is -0.940. The number of hydrogen-bond acceptors (Lipinski definition) is 5. The Morgan fingerprint density at radius 1 is 1.67 bits per heavy atom. The van der Waals surface area contributed by atoms with Gasteiger partial charge in [-0.25, -0.2) is 0 Å². The first-order chi connectivity index (χ1) is 7.20. The molecule has 84 valence electrons. The smallest absolute Gasteiger partial charge is 0.243 e. The number of nitrogens with one attached hydrogen (secondary N) is 1. The van der Waals surface area contributed by atoms with E-state index in [4.69, 9.17) is 4.52 Å². The van der Waals surface area contributed by atoms with Crippen molar-refractivity contribution in [1.82, 2.24) is 15.5 Å². The zero-order valence-electron chi connectivity index (χ0n) is 9.10. The SMILES string of the molecule is CCC(C)c1noc([C@@H]2C[C@H](O)CN2)n1. The molecule has 0 bridgehead atoms. The predicted molar refractivity (Wildman–Crippen MR) is 54.4 cm³/mol. The predicted octanol–water partition coefficient (Wildman–Crippen LogP) is 0.978. The van der Waals surface area contributed by atoms with Gasteiger partial charge in [0.05, 0.1) is 12.1 Å². The van der Waals surface area contributed by atoms with Gasteiger partial charge in [-0.15, -0.1) is 0 Å². The van der Waals surface area contributed by atoms with Crippen LogP contribution in [0.25, 0.3) is 0 Å². The third kappa shape index (κ3) is 2.18. The molecule has 3 atom stereocenters. The van der Waals surface area contributed by atoms with Gasteiger partial charge in [-0.1, -0.05) is 19.0 Å². The Morgan fingerprint density at radius 3 is 3.07 bits per heavy atom. The van der Waals surface area contributed by atoms with Gasteiger partial charge in [-0.2, -0.15) is 4.98 Å². The van der Waals surface area contributed by atoms with Crippen LogP contribution < -0.4 is 5.32 Å². The number of aliphatic hydroxyl groups excluding tert-OH is 1. The molecule has 1 aromatic rings. The largest absolute Gasteiger partial charge is 0.392 e. The molecule has 2 rings (SSSR count). The van der Waals surface area contributed by atoms with Crippen molar-refractivity contribution >= 4 is 0 Å². The molecule has 1 fully saturated rings. The van der Waals surface area contributed by atoms with Crippen LogP contribution in [0.4, 0.5) is 0 Å². The van der Waals surface area contributed by atoms with E-state index in [9.17, 15) is 5.11 Å². The average molecular weight is 211 g/mol.